The molecule has 0 aliphatic rings. The van der Waals surface area contributed by atoms with Gasteiger partial charge >= 0.3 is 0 Å². The van der Waals surface area contributed by atoms with Crippen molar-refractivity contribution in [3.8, 4) is 0 Å². The number of rotatable bonds is 12. The van der Waals surface area contributed by atoms with Crippen molar-refractivity contribution >= 4 is 50.7 Å². The Kier molecular flexibility index (Phi) is 11.1. The van der Waals surface area contributed by atoms with Crippen molar-refractivity contribution in [3.05, 3.63) is 63.6 Å². The molecule has 7 nitrogen and oxygen atoms in total. The molecule has 12 heteroatoms. The number of amides is 2. The van der Waals surface area contributed by atoms with Gasteiger partial charge in [-0.2, -0.15) is 0 Å². The molecular formula is C25H31Cl2F2N3O4S. The molecule has 1 atom stereocenters. The van der Waals surface area contributed by atoms with Crippen LogP contribution in [0.3, 0.4) is 0 Å². The first-order chi connectivity index (χ1) is 17.2. The minimum Gasteiger partial charge on any atom is -0.352 e. The first-order valence-electron chi connectivity index (χ1n) is 11.7. The third kappa shape index (κ3) is 8.83. The van der Waals surface area contributed by atoms with Crippen molar-refractivity contribution < 1.29 is 26.8 Å². The number of sulfonamides is 1. The fraction of sp³-hybridized carbons (Fsp3) is 0.440. The van der Waals surface area contributed by atoms with Gasteiger partial charge in [-0.05, 0) is 56.5 Å². The summed E-state index contributed by atoms with van der Waals surface area (Å²) in [7, 11) is -3.85. The van der Waals surface area contributed by atoms with Crippen molar-refractivity contribution in [3.63, 3.8) is 0 Å². The van der Waals surface area contributed by atoms with E-state index in [-0.39, 0.29) is 43.6 Å². The summed E-state index contributed by atoms with van der Waals surface area (Å²) < 4.78 is 52.6. The first kappa shape index (κ1) is 30.8. The maximum Gasteiger partial charge on any atom is 0.243 e. The summed E-state index contributed by atoms with van der Waals surface area (Å²) in [5.41, 5.74) is 0.538. The predicted molar refractivity (Wildman–Crippen MR) is 142 cm³/mol. The summed E-state index contributed by atoms with van der Waals surface area (Å²) >= 11 is 12.3. The molecule has 2 rings (SSSR count). The number of carbonyl (C=O) groups excluding carboxylic acids is 2. The molecule has 0 saturated carbocycles. The summed E-state index contributed by atoms with van der Waals surface area (Å²) in [6.45, 7) is 5.29. The van der Waals surface area contributed by atoms with Gasteiger partial charge in [-0.25, -0.2) is 17.2 Å². The maximum absolute atomic E-state index is 13.7. The molecule has 2 amide bonds. The molecule has 1 N–H and O–H groups in total. The lowest BCUT2D eigenvalue weighted by Crippen LogP contribution is -2.50. The molecule has 0 saturated heterocycles. The van der Waals surface area contributed by atoms with Gasteiger partial charge in [0.25, 0.3) is 0 Å². The second-order valence-electron chi connectivity index (χ2n) is 8.88. The first-order valence-corrected chi connectivity index (χ1v) is 14.3. The Hall–Kier alpha value is -2.43. The number of hydrogen-bond donors (Lipinski definition) is 1. The minimum atomic E-state index is -3.85. The highest BCUT2D eigenvalue weighted by molar-refractivity contribution is 7.92. The lowest BCUT2D eigenvalue weighted by atomic mass is 10.1. The highest BCUT2D eigenvalue weighted by Crippen LogP contribution is 2.25. The molecule has 0 aliphatic heterocycles. The second-order valence-corrected chi connectivity index (χ2v) is 11.6. The standard InChI is InChI=1S/C25H31Cl2F2N3O4S/c1-5-23(25(34)30-16(2)3)31(15-17-8-9-18(26)13-20(17)27)24(33)7-6-12-32(37(4,35)36)19-10-11-21(28)22(29)14-19/h8-11,13-14,16,23H,5-7,12,15H2,1-4H3,(H,30,34)/t23-/m0/s1. The summed E-state index contributed by atoms with van der Waals surface area (Å²) in [5, 5.41) is 3.59. The third-order valence-corrected chi connectivity index (χ3v) is 7.30. The minimum absolute atomic E-state index is 0.0395. The molecule has 0 fully saturated rings. The van der Waals surface area contributed by atoms with Crippen LogP contribution < -0.4 is 9.62 Å². The van der Waals surface area contributed by atoms with E-state index in [0.29, 0.717) is 22.0 Å². The van der Waals surface area contributed by atoms with Gasteiger partial charge in [-0.3, -0.25) is 13.9 Å². The summed E-state index contributed by atoms with van der Waals surface area (Å²) in [4.78, 5) is 27.7. The van der Waals surface area contributed by atoms with E-state index >= 15 is 0 Å². The van der Waals surface area contributed by atoms with E-state index in [2.05, 4.69) is 5.32 Å². The van der Waals surface area contributed by atoms with Gasteiger partial charge in [0.05, 0.1) is 11.9 Å². The number of benzene rings is 2. The van der Waals surface area contributed by atoms with Crippen molar-refractivity contribution in [2.45, 2.75) is 58.7 Å². The van der Waals surface area contributed by atoms with Crippen LogP contribution in [0.15, 0.2) is 36.4 Å². The van der Waals surface area contributed by atoms with E-state index in [0.717, 1.165) is 28.8 Å². The van der Waals surface area contributed by atoms with Crippen LogP contribution >= 0.6 is 23.2 Å². The highest BCUT2D eigenvalue weighted by atomic mass is 35.5. The molecule has 2 aromatic rings. The molecule has 0 unspecified atom stereocenters. The molecule has 0 spiro atoms. The monoisotopic (exact) mass is 577 g/mol. The number of hydrogen-bond acceptors (Lipinski definition) is 4. The summed E-state index contributed by atoms with van der Waals surface area (Å²) in [6, 6.07) is 6.69. The second kappa shape index (κ2) is 13.4. The molecule has 0 aliphatic carbocycles. The van der Waals surface area contributed by atoms with E-state index in [1.807, 2.05) is 13.8 Å². The van der Waals surface area contributed by atoms with E-state index in [1.165, 1.54) is 4.90 Å². The average molecular weight is 579 g/mol. The van der Waals surface area contributed by atoms with Crippen molar-refractivity contribution in [2.24, 2.45) is 0 Å². The zero-order valence-corrected chi connectivity index (χ0v) is 23.4. The Morgan fingerprint density at radius 2 is 1.73 bits per heavy atom. The fourth-order valence-corrected chi connectivity index (χ4v) is 5.20. The summed E-state index contributed by atoms with van der Waals surface area (Å²) in [6.07, 6.45) is 1.23. The van der Waals surface area contributed by atoms with Crippen LogP contribution in [0.1, 0.15) is 45.6 Å². The van der Waals surface area contributed by atoms with E-state index < -0.39 is 33.6 Å². The molecule has 0 heterocycles. The molecule has 0 aromatic heterocycles. The molecule has 204 valence electrons. The van der Waals surface area contributed by atoms with Gasteiger partial charge in [0.2, 0.25) is 21.8 Å². The predicted octanol–water partition coefficient (Wildman–Crippen LogP) is 5.15. The van der Waals surface area contributed by atoms with Gasteiger partial charge in [-0.1, -0.05) is 36.2 Å². The largest absolute Gasteiger partial charge is 0.352 e. The SMILES string of the molecule is CC[C@@H](C(=O)NC(C)C)N(Cc1ccc(Cl)cc1Cl)C(=O)CCCN(c1ccc(F)c(F)c1)S(C)(=O)=O. The Morgan fingerprint density at radius 1 is 1.05 bits per heavy atom. The maximum atomic E-state index is 13.7. The van der Waals surface area contributed by atoms with E-state index in [4.69, 9.17) is 23.2 Å². The van der Waals surface area contributed by atoms with Gasteiger partial charge < -0.3 is 10.2 Å². The van der Waals surface area contributed by atoms with E-state index in [9.17, 15) is 26.8 Å². The Bertz CT molecular complexity index is 1230. The van der Waals surface area contributed by atoms with Crippen LogP contribution in [0.2, 0.25) is 10.0 Å². The smallest absolute Gasteiger partial charge is 0.243 e. The van der Waals surface area contributed by atoms with Crippen LogP contribution in [0.25, 0.3) is 0 Å². The van der Waals surface area contributed by atoms with Crippen molar-refractivity contribution in [1.82, 2.24) is 10.2 Å². The third-order valence-electron chi connectivity index (χ3n) is 5.52. The van der Waals surface area contributed by atoms with Gasteiger partial charge in [0, 0.05) is 41.7 Å². The lowest BCUT2D eigenvalue weighted by Gasteiger charge is -2.32. The average Bonchev–Trinajstić information content (AvgIpc) is 2.78. The highest BCUT2D eigenvalue weighted by Gasteiger charge is 2.29. The molecule has 37 heavy (non-hydrogen) atoms. The van der Waals surface area contributed by atoms with E-state index in [1.54, 1.807) is 25.1 Å². The van der Waals surface area contributed by atoms with Crippen molar-refractivity contribution in [2.75, 3.05) is 17.1 Å². The molecule has 0 bridgehead atoms. The van der Waals surface area contributed by atoms with Crippen LogP contribution in [0, 0.1) is 11.6 Å². The quantitative estimate of drug-likeness (QED) is 0.378. The van der Waals surface area contributed by atoms with Gasteiger partial charge in [0.15, 0.2) is 11.6 Å². The van der Waals surface area contributed by atoms with Gasteiger partial charge in [0.1, 0.15) is 6.04 Å². The number of nitrogens with one attached hydrogen (secondary N) is 1. The normalized spacial score (nSPS) is 12.4. The molecule has 0 radical (unpaired) electrons. The Labute approximate surface area is 226 Å². The number of carbonyl (C=O) groups is 2. The number of halogens is 4. The van der Waals surface area contributed by atoms with Crippen LogP contribution in [0.4, 0.5) is 14.5 Å². The topological polar surface area (TPSA) is 86.8 Å². The zero-order valence-electron chi connectivity index (χ0n) is 21.1. The Balaban J connectivity index is 2.27. The van der Waals surface area contributed by atoms with Crippen molar-refractivity contribution in [1.29, 1.82) is 0 Å². The van der Waals surface area contributed by atoms with Gasteiger partial charge in [-0.15, -0.1) is 0 Å². The van der Waals surface area contributed by atoms with Crippen LogP contribution in [-0.2, 0) is 26.2 Å². The Morgan fingerprint density at radius 3 is 2.27 bits per heavy atom. The molecular weight excluding hydrogens is 547 g/mol. The molecule has 2 aromatic carbocycles. The van der Waals surface area contributed by atoms with Crippen LogP contribution in [-0.4, -0.2) is 50.0 Å². The number of anilines is 1. The number of nitrogens with zero attached hydrogens (tertiary/aromatic N) is 2. The van der Waals surface area contributed by atoms with Crippen LogP contribution in [0.5, 0.6) is 0 Å². The summed E-state index contributed by atoms with van der Waals surface area (Å²) in [5.74, 6) is -3.00. The fourth-order valence-electron chi connectivity index (χ4n) is 3.78. The zero-order chi connectivity index (χ0) is 27.9. The lowest BCUT2D eigenvalue weighted by molar-refractivity contribution is -0.141.